The van der Waals surface area contributed by atoms with Gasteiger partial charge in [0, 0.05) is 16.8 Å². The number of carbonyl (C=O) groups excluding carboxylic acids is 3. The molecule has 2 aromatic heterocycles. The number of nitrogens with one attached hydrogen (secondary N) is 1. The quantitative estimate of drug-likeness (QED) is 0.529. The van der Waals surface area contributed by atoms with Gasteiger partial charge in [0.05, 0.1) is 18.1 Å². The molecule has 0 unspecified atom stereocenters. The van der Waals surface area contributed by atoms with Gasteiger partial charge in [-0.15, -0.1) is 11.3 Å². The molecule has 0 fully saturated rings. The van der Waals surface area contributed by atoms with E-state index in [4.69, 9.17) is 9.47 Å². The molecule has 1 N–H and O–H groups in total. The highest BCUT2D eigenvalue weighted by Gasteiger charge is 2.28. The maximum Gasteiger partial charge on any atom is 0.359 e. The number of benzene rings is 1. The Morgan fingerprint density at radius 2 is 1.91 bits per heavy atom. The van der Waals surface area contributed by atoms with Gasteiger partial charge in [0.15, 0.2) is 12.3 Å². The average Bonchev–Trinajstić information content (AvgIpc) is 3.40. The second-order valence-corrected chi connectivity index (χ2v) is 8.71. The fraction of sp³-hybridized carbons (Fsp3) is 0.348. The highest BCUT2D eigenvalue weighted by atomic mass is 32.1. The molecule has 1 aliphatic carbocycles. The van der Waals surface area contributed by atoms with Gasteiger partial charge >= 0.3 is 11.9 Å². The van der Waals surface area contributed by atoms with Crippen molar-refractivity contribution in [3.05, 3.63) is 56.3 Å². The van der Waals surface area contributed by atoms with Crippen molar-refractivity contribution >= 4 is 45.0 Å². The van der Waals surface area contributed by atoms with Crippen LogP contribution in [0.1, 0.15) is 51.1 Å². The SMILES string of the molecule is CCCn1nc(C(=O)OCC(=O)Nc2sc3c(c2C(=O)OC)CCC3)c2ccccc2c1=O. The molecule has 0 radical (unpaired) electrons. The minimum absolute atomic E-state index is 0.0307. The van der Waals surface area contributed by atoms with Crippen LogP contribution in [0.4, 0.5) is 5.00 Å². The van der Waals surface area contributed by atoms with Crippen molar-refractivity contribution < 1.29 is 23.9 Å². The Labute approximate surface area is 193 Å². The van der Waals surface area contributed by atoms with E-state index in [-0.39, 0.29) is 11.3 Å². The molecule has 3 aromatic rings. The second kappa shape index (κ2) is 9.53. The molecule has 0 saturated carbocycles. The molecule has 4 rings (SSSR count). The number of aromatic nitrogens is 2. The standard InChI is InChI=1S/C23H23N3O6S/c1-3-11-26-21(28)14-8-5-4-7-13(14)19(25-26)23(30)32-12-17(27)24-20-18(22(29)31-2)15-9-6-10-16(15)33-20/h4-5,7-8H,3,6,9-12H2,1-2H3,(H,24,27). The summed E-state index contributed by atoms with van der Waals surface area (Å²) in [7, 11) is 1.30. The summed E-state index contributed by atoms with van der Waals surface area (Å²) >= 11 is 1.34. The largest absolute Gasteiger partial charge is 0.465 e. The smallest absolute Gasteiger partial charge is 0.359 e. The van der Waals surface area contributed by atoms with E-state index >= 15 is 0 Å². The summed E-state index contributed by atoms with van der Waals surface area (Å²) in [4.78, 5) is 51.2. The van der Waals surface area contributed by atoms with Gasteiger partial charge in [-0.25, -0.2) is 14.3 Å². The van der Waals surface area contributed by atoms with Crippen LogP contribution in [-0.4, -0.2) is 41.3 Å². The van der Waals surface area contributed by atoms with Gasteiger partial charge in [-0.2, -0.15) is 5.10 Å². The Balaban J connectivity index is 1.52. The molecule has 172 valence electrons. The first-order valence-electron chi connectivity index (χ1n) is 10.6. The number of ether oxygens (including phenoxy) is 2. The van der Waals surface area contributed by atoms with Crippen LogP contribution in [0.3, 0.4) is 0 Å². The van der Waals surface area contributed by atoms with E-state index < -0.39 is 24.5 Å². The predicted octanol–water partition coefficient (Wildman–Crippen LogP) is 2.94. The third-order valence-electron chi connectivity index (χ3n) is 5.39. The molecule has 1 amide bonds. The number of methoxy groups -OCH3 is 1. The molecule has 0 spiro atoms. The second-order valence-electron chi connectivity index (χ2n) is 7.60. The number of esters is 2. The van der Waals surface area contributed by atoms with E-state index in [2.05, 4.69) is 10.4 Å². The summed E-state index contributed by atoms with van der Waals surface area (Å²) in [5.74, 6) is -1.90. The minimum atomic E-state index is -0.812. The minimum Gasteiger partial charge on any atom is -0.465 e. The molecule has 2 heterocycles. The zero-order valence-electron chi connectivity index (χ0n) is 18.3. The van der Waals surface area contributed by atoms with E-state index in [0.29, 0.717) is 34.3 Å². The van der Waals surface area contributed by atoms with Gasteiger partial charge < -0.3 is 14.8 Å². The fourth-order valence-corrected chi connectivity index (χ4v) is 5.22. The summed E-state index contributed by atoms with van der Waals surface area (Å²) in [5.41, 5.74) is 0.960. The van der Waals surface area contributed by atoms with E-state index in [9.17, 15) is 19.2 Å². The van der Waals surface area contributed by atoms with Crippen LogP contribution in [0.2, 0.25) is 0 Å². The van der Waals surface area contributed by atoms with Crippen LogP contribution in [0.15, 0.2) is 29.1 Å². The number of hydrogen-bond acceptors (Lipinski definition) is 8. The van der Waals surface area contributed by atoms with Gasteiger partial charge in [0.2, 0.25) is 0 Å². The number of aryl methyl sites for hydroxylation is 2. The monoisotopic (exact) mass is 469 g/mol. The van der Waals surface area contributed by atoms with Crippen molar-refractivity contribution in [2.75, 3.05) is 19.0 Å². The van der Waals surface area contributed by atoms with Crippen molar-refractivity contribution in [2.24, 2.45) is 0 Å². The molecule has 0 atom stereocenters. The lowest BCUT2D eigenvalue weighted by molar-refractivity contribution is -0.119. The molecule has 1 aromatic carbocycles. The first-order valence-corrected chi connectivity index (χ1v) is 11.5. The lowest BCUT2D eigenvalue weighted by Gasteiger charge is -2.11. The third-order valence-corrected chi connectivity index (χ3v) is 6.60. The highest BCUT2D eigenvalue weighted by Crippen LogP contribution is 2.39. The molecule has 1 aliphatic rings. The van der Waals surface area contributed by atoms with Gasteiger partial charge in [-0.1, -0.05) is 25.1 Å². The average molecular weight is 470 g/mol. The molecule has 9 nitrogen and oxygen atoms in total. The van der Waals surface area contributed by atoms with E-state index in [1.165, 1.54) is 23.1 Å². The molecular formula is C23H23N3O6S. The fourth-order valence-electron chi connectivity index (χ4n) is 3.92. The highest BCUT2D eigenvalue weighted by molar-refractivity contribution is 7.17. The lowest BCUT2D eigenvalue weighted by atomic mass is 10.1. The predicted molar refractivity (Wildman–Crippen MR) is 123 cm³/mol. The number of fused-ring (bicyclic) bond motifs is 2. The number of amides is 1. The molecule has 10 heteroatoms. The van der Waals surface area contributed by atoms with Crippen LogP contribution in [-0.2, 0) is 33.7 Å². The molecule has 33 heavy (non-hydrogen) atoms. The third kappa shape index (κ3) is 4.38. The lowest BCUT2D eigenvalue weighted by Crippen LogP contribution is -2.27. The van der Waals surface area contributed by atoms with Gasteiger partial charge in [-0.3, -0.25) is 9.59 Å². The van der Waals surface area contributed by atoms with E-state index in [1.807, 2.05) is 6.92 Å². The summed E-state index contributed by atoms with van der Waals surface area (Å²) < 4.78 is 11.3. The van der Waals surface area contributed by atoms with Crippen molar-refractivity contribution in [1.29, 1.82) is 0 Å². The zero-order valence-corrected chi connectivity index (χ0v) is 19.1. The molecular weight excluding hydrogens is 446 g/mol. The maximum absolute atomic E-state index is 12.8. The van der Waals surface area contributed by atoms with Crippen LogP contribution in [0.25, 0.3) is 10.8 Å². The van der Waals surface area contributed by atoms with Crippen molar-refractivity contribution in [1.82, 2.24) is 9.78 Å². The number of carbonyl (C=O) groups is 3. The van der Waals surface area contributed by atoms with Crippen LogP contribution in [0, 0.1) is 0 Å². The van der Waals surface area contributed by atoms with Crippen molar-refractivity contribution in [3.8, 4) is 0 Å². The maximum atomic E-state index is 12.8. The van der Waals surface area contributed by atoms with Crippen molar-refractivity contribution in [2.45, 2.75) is 39.2 Å². The number of hydrogen-bond donors (Lipinski definition) is 1. The molecule has 0 aliphatic heterocycles. The first-order chi connectivity index (χ1) is 15.9. The zero-order chi connectivity index (χ0) is 23.5. The topological polar surface area (TPSA) is 117 Å². The summed E-state index contributed by atoms with van der Waals surface area (Å²) in [6.45, 7) is 1.68. The van der Waals surface area contributed by atoms with Crippen molar-refractivity contribution in [3.63, 3.8) is 0 Å². The Bertz CT molecular complexity index is 1310. The van der Waals surface area contributed by atoms with E-state index in [1.54, 1.807) is 24.3 Å². The van der Waals surface area contributed by atoms with Gasteiger partial charge in [-0.05, 0) is 37.3 Å². The summed E-state index contributed by atoms with van der Waals surface area (Å²) in [6, 6.07) is 6.65. The summed E-state index contributed by atoms with van der Waals surface area (Å²) in [6.07, 6.45) is 3.22. The van der Waals surface area contributed by atoms with Crippen LogP contribution < -0.4 is 10.9 Å². The molecule has 0 saturated heterocycles. The Kier molecular flexibility index (Phi) is 6.55. The summed E-state index contributed by atoms with van der Waals surface area (Å²) in [5, 5.41) is 7.95. The number of anilines is 1. The Hall–Kier alpha value is -3.53. The number of thiophene rings is 1. The Morgan fingerprint density at radius 3 is 2.64 bits per heavy atom. The first kappa shape index (κ1) is 22.7. The van der Waals surface area contributed by atoms with Crippen LogP contribution in [0.5, 0.6) is 0 Å². The van der Waals surface area contributed by atoms with E-state index in [0.717, 1.165) is 29.7 Å². The number of rotatable bonds is 7. The normalized spacial score (nSPS) is 12.4. The Morgan fingerprint density at radius 1 is 1.15 bits per heavy atom. The van der Waals surface area contributed by atoms with Gasteiger partial charge in [0.25, 0.3) is 11.5 Å². The number of nitrogens with zero attached hydrogens (tertiary/aromatic N) is 2. The van der Waals surface area contributed by atoms with Gasteiger partial charge in [0.1, 0.15) is 5.00 Å². The molecule has 0 bridgehead atoms. The van der Waals surface area contributed by atoms with Crippen LogP contribution >= 0.6 is 11.3 Å².